The molecule has 0 aromatic carbocycles. The van der Waals surface area contributed by atoms with Crippen molar-refractivity contribution in [3.05, 3.63) is 0 Å². The Morgan fingerprint density at radius 3 is 2.68 bits per heavy atom. The van der Waals surface area contributed by atoms with Crippen LogP contribution in [-0.2, 0) is 0 Å². The van der Waals surface area contributed by atoms with Gasteiger partial charge in [0.05, 0.1) is 12.6 Å². The molecule has 2 unspecified atom stereocenters. The molecule has 3 N–H and O–H groups in total. The molecule has 0 saturated heterocycles. The number of hydrogen-bond acceptors (Lipinski definition) is 2. The predicted octanol–water partition coefficient (Wildman–Crippen LogP) is 1.89. The number of guanidine groups is 1. The summed E-state index contributed by atoms with van der Waals surface area (Å²) in [6.07, 6.45) is 6.88. The van der Waals surface area contributed by atoms with Gasteiger partial charge in [-0.25, -0.2) is 0 Å². The average Bonchev–Trinajstić information content (AvgIpc) is 3.21. The summed E-state index contributed by atoms with van der Waals surface area (Å²) in [4.78, 5) is 4.69. The fourth-order valence-corrected chi connectivity index (χ4v) is 2.73. The summed E-state index contributed by atoms with van der Waals surface area (Å²) in [7, 11) is 0. The molecule has 0 radical (unpaired) electrons. The molecular weight excluding hydrogens is 238 g/mol. The zero-order chi connectivity index (χ0) is 13.7. The maximum atomic E-state index is 10.2. The Morgan fingerprint density at radius 1 is 1.26 bits per heavy atom. The molecule has 0 bridgehead atoms. The summed E-state index contributed by atoms with van der Waals surface area (Å²) >= 11 is 0. The Kier molecular flexibility index (Phi) is 5.08. The number of nitrogens with one attached hydrogen (secondary N) is 2. The zero-order valence-electron chi connectivity index (χ0n) is 12.4. The van der Waals surface area contributed by atoms with Crippen molar-refractivity contribution >= 4 is 5.96 Å². The second-order valence-electron chi connectivity index (χ2n) is 6.44. The maximum Gasteiger partial charge on any atom is 0.191 e. The maximum absolute atomic E-state index is 10.2. The Hall–Kier alpha value is -0.770. The summed E-state index contributed by atoms with van der Waals surface area (Å²) in [5.74, 6) is 1.76. The summed E-state index contributed by atoms with van der Waals surface area (Å²) in [5, 5.41) is 16.9. The summed E-state index contributed by atoms with van der Waals surface area (Å²) < 4.78 is 0. The minimum absolute atomic E-state index is 0.0415. The van der Waals surface area contributed by atoms with Crippen LogP contribution in [0.1, 0.15) is 52.4 Å². The summed E-state index contributed by atoms with van der Waals surface area (Å²) in [6, 6.07) is 0. The minimum Gasteiger partial charge on any atom is -0.392 e. The fourth-order valence-electron chi connectivity index (χ4n) is 2.73. The molecule has 110 valence electrons. The van der Waals surface area contributed by atoms with Gasteiger partial charge >= 0.3 is 0 Å². The molecule has 0 amide bonds. The smallest absolute Gasteiger partial charge is 0.191 e. The van der Waals surface area contributed by atoms with Gasteiger partial charge in [-0.3, -0.25) is 4.99 Å². The molecule has 2 saturated carbocycles. The highest BCUT2D eigenvalue weighted by Crippen LogP contribution is 2.36. The quantitative estimate of drug-likeness (QED) is 0.527. The van der Waals surface area contributed by atoms with Crippen LogP contribution in [0.2, 0.25) is 0 Å². The van der Waals surface area contributed by atoms with Crippen molar-refractivity contribution in [3.8, 4) is 0 Å². The van der Waals surface area contributed by atoms with E-state index in [1.165, 1.54) is 19.3 Å². The molecule has 4 nitrogen and oxygen atoms in total. The Labute approximate surface area is 117 Å². The fraction of sp³-hybridized carbons (Fsp3) is 0.933. The summed E-state index contributed by atoms with van der Waals surface area (Å²) in [5.41, 5.74) is -0.0415. The average molecular weight is 267 g/mol. The molecule has 2 rings (SSSR count). The van der Waals surface area contributed by atoms with E-state index in [1.807, 2.05) is 0 Å². The largest absolute Gasteiger partial charge is 0.392 e. The summed E-state index contributed by atoms with van der Waals surface area (Å²) in [6.45, 7) is 6.89. The Balaban J connectivity index is 1.87. The lowest BCUT2D eigenvalue weighted by molar-refractivity contribution is 0.00716. The number of aliphatic hydroxyl groups excluding tert-OH is 1. The van der Waals surface area contributed by atoms with Gasteiger partial charge < -0.3 is 15.7 Å². The number of aliphatic imine (C=N–C) groups is 1. The van der Waals surface area contributed by atoms with Gasteiger partial charge in [-0.05, 0) is 38.5 Å². The monoisotopic (exact) mass is 267 g/mol. The highest BCUT2D eigenvalue weighted by molar-refractivity contribution is 5.79. The van der Waals surface area contributed by atoms with Gasteiger partial charge in [-0.2, -0.15) is 0 Å². The van der Waals surface area contributed by atoms with E-state index in [0.29, 0.717) is 6.54 Å². The van der Waals surface area contributed by atoms with Crippen LogP contribution in [0.5, 0.6) is 0 Å². The first-order valence-electron chi connectivity index (χ1n) is 7.84. The van der Waals surface area contributed by atoms with Crippen LogP contribution in [0.15, 0.2) is 4.99 Å². The van der Waals surface area contributed by atoms with Crippen LogP contribution >= 0.6 is 0 Å². The van der Waals surface area contributed by atoms with E-state index in [-0.39, 0.29) is 11.5 Å². The zero-order valence-corrected chi connectivity index (χ0v) is 12.4. The molecule has 2 atom stereocenters. The number of nitrogens with zero attached hydrogens (tertiary/aromatic N) is 1. The second-order valence-corrected chi connectivity index (χ2v) is 6.44. The normalized spacial score (nSPS) is 32.2. The van der Waals surface area contributed by atoms with Crippen molar-refractivity contribution in [2.24, 2.45) is 16.3 Å². The molecule has 2 aliphatic carbocycles. The third-order valence-corrected chi connectivity index (χ3v) is 4.48. The molecule has 19 heavy (non-hydrogen) atoms. The van der Waals surface area contributed by atoms with Crippen LogP contribution in [0.3, 0.4) is 0 Å². The van der Waals surface area contributed by atoms with Crippen molar-refractivity contribution in [2.75, 3.05) is 19.6 Å². The Morgan fingerprint density at radius 2 is 2.05 bits per heavy atom. The lowest BCUT2D eigenvalue weighted by Crippen LogP contribution is -2.42. The molecule has 4 heteroatoms. The SMILES string of the molecule is CCNC(=NCC1(C)CCCCC1O)NCC1CC1. The van der Waals surface area contributed by atoms with Crippen molar-refractivity contribution < 1.29 is 5.11 Å². The van der Waals surface area contributed by atoms with E-state index in [1.54, 1.807) is 0 Å². The van der Waals surface area contributed by atoms with Crippen molar-refractivity contribution in [3.63, 3.8) is 0 Å². The highest BCUT2D eigenvalue weighted by atomic mass is 16.3. The van der Waals surface area contributed by atoms with Crippen molar-refractivity contribution in [1.29, 1.82) is 0 Å². The van der Waals surface area contributed by atoms with Crippen LogP contribution in [0, 0.1) is 11.3 Å². The van der Waals surface area contributed by atoms with Gasteiger partial charge in [-0.1, -0.05) is 19.8 Å². The molecule has 0 aliphatic heterocycles. The molecular formula is C15H29N3O. The van der Waals surface area contributed by atoms with Crippen LogP contribution < -0.4 is 10.6 Å². The van der Waals surface area contributed by atoms with Gasteiger partial charge in [0.25, 0.3) is 0 Å². The first kappa shape index (κ1) is 14.6. The van der Waals surface area contributed by atoms with E-state index in [0.717, 1.165) is 44.2 Å². The molecule has 0 spiro atoms. The van der Waals surface area contributed by atoms with Gasteiger partial charge in [0.2, 0.25) is 0 Å². The highest BCUT2D eigenvalue weighted by Gasteiger charge is 2.35. The predicted molar refractivity (Wildman–Crippen MR) is 79.3 cm³/mol. The number of hydrogen-bond donors (Lipinski definition) is 3. The third kappa shape index (κ3) is 4.37. The molecule has 0 aromatic heterocycles. The lowest BCUT2D eigenvalue weighted by Gasteiger charge is -2.37. The first-order valence-corrected chi connectivity index (χ1v) is 7.84. The van der Waals surface area contributed by atoms with E-state index >= 15 is 0 Å². The molecule has 2 fully saturated rings. The standard InChI is InChI=1S/C15H29N3O/c1-3-16-14(17-10-12-7-8-12)18-11-15(2)9-5-4-6-13(15)19/h12-13,19H,3-11H2,1-2H3,(H2,16,17,18). The van der Waals surface area contributed by atoms with Crippen LogP contribution in [0.4, 0.5) is 0 Å². The van der Waals surface area contributed by atoms with Gasteiger partial charge in [0, 0.05) is 18.5 Å². The van der Waals surface area contributed by atoms with Crippen LogP contribution in [-0.4, -0.2) is 36.8 Å². The number of rotatable bonds is 5. The first-order chi connectivity index (χ1) is 9.14. The van der Waals surface area contributed by atoms with Crippen molar-refractivity contribution in [1.82, 2.24) is 10.6 Å². The second kappa shape index (κ2) is 6.60. The molecule has 2 aliphatic rings. The van der Waals surface area contributed by atoms with E-state index in [9.17, 15) is 5.11 Å². The van der Waals surface area contributed by atoms with Gasteiger partial charge in [-0.15, -0.1) is 0 Å². The van der Waals surface area contributed by atoms with Gasteiger partial charge in [0.1, 0.15) is 0 Å². The lowest BCUT2D eigenvalue weighted by atomic mass is 9.73. The topological polar surface area (TPSA) is 56.7 Å². The Bertz CT molecular complexity index is 315. The van der Waals surface area contributed by atoms with E-state index < -0.39 is 0 Å². The van der Waals surface area contributed by atoms with Crippen molar-refractivity contribution in [2.45, 2.75) is 58.5 Å². The van der Waals surface area contributed by atoms with Crippen LogP contribution in [0.25, 0.3) is 0 Å². The molecule has 0 aromatic rings. The third-order valence-electron chi connectivity index (χ3n) is 4.48. The molecule has 0 heterocycles. The number of aliphatic hydroxyl groups is 1. The van der Waals surface area contributed by atoms with Gasteiger partial charge in [0.15, 0.2) is 5.96 Å². The van der Waals surface area contributed by atoms with E-state index in [4.69, 9.17) is 4.99 Å². The minimum atomic E-state index is -0.198. The van der Waals surface area contributed by atoms with E-state index in [2.05, 4.69) is 24.5 Å².